The molecule has 3 aromatic rings. The molecule has 0 N–H and O–H groups in total. The maximum Gasteiger partial charge on any atom is 0.291 e. The molecule has 27 heavy (non-hydrogen) atoms. The van der Waals surface area contributed by atoms with E-state index in [1.54, 1.807) is 24.1 Å². The van der Waals surface area contributed by atoms with E-state index < -0.39 is 0 Å². The van der Waals surface area contributed by atoms with Crippen molar-refractivity contribution in [3.05, 3.63) is 71.3 Å². The molecule has 1 amide bonds. The number of benzene rings is 1. The highest BCUT2D eigenvalue weighted by Crippen LogP contribution is 2.28. The maximum atomic E-state index is 13.3. The number of likely N-dealkylation sites (tertiary alicyclic amines) is 1. The summed E-state index contributed by atoms with van der Waals surface area (Å²) >= 11 is 0. The van der Waals surface area contributed by atoms with Crippen LogP contribution in [0.2, 0.25) is 0 Å². The minimum Gasteiger partial charge on any atom is -0.445 e. The molecule has 0 aliphatic carbocycles. The summed E-state index contributed by atoms with van der Waals surface area (Å²) in [7, 11) is 0. The highest BCUT2D eigenvalue weighted by Gasteiger charge is 2.30. The van der Waals surface area contributed by atoms with Crippen LogP contribution in [0.5, 0.6) is 0 Å². The molecular weight excluding hydrogens is 349 g/mol. The minimum atomic E-state index is -0.267. The normalized spacial score (nSPS) is 17.3. The van der Waals surface area contributed by atoms with Gasteiger partial charge in [-0.2, -0.15) is 0 Å². The first-order valence-electron chi connectivity index (χ1n) is 8.98. The van der Waals surface area contributed by atoms with Crippen molar-refractivity contribution in [2.75, 3.05) is 13.1 Å². The third-order valence-electron chi connectivity index (χ3n) is 4.84. The van der Waals surface area contributed by atoms with Crippen molar-refractivity contribution in [1.29, 1.82) is 0 Å². The van der Waals surface area contributed by atoms with Gasteiger partial charge in [-0.3, -0.25) is 4.79 Å². The molecule has 4 rings (SSSR count). The fourth-order valence-electron chi connectivity index (χ4n) is 3.46. The zero-order valence-electron chi connectivity index (χ0n) is 15.0. The van der Waals surface area contributed by atoms with Gasteiger partial charge in [-0.05, 0) is 37.5 Å². The SMILES string of the molecule is Cc1ncoc1C(=O)N1CCC[C@@H](c2ncc(Cc3cccc(F)c3)o2)C1. The Morgan fingerprint density at radius 3 is 3.04 bits per heavy atom. The Labute approximate surface area is 156 Å². The predicted molar refractivity (Wildman–Crippen MR) is 94.8 cm³/mol. The van der Waals surface area contributed by atoms with Crippen LogP contribution in [0.4, 0.5) is 4.39 Å². The molecule has 1 atom stereocenters. The summed E-state index contributed by atoms with van der Waals surface area (Å²) in [5.74, 6) is 1.21. The van der Waals surface area contributed by atoms with Crippen LogP contribution in [0, 0.1) is 12.7 Å². The Morgan fingerprint density at radius 2 is 2.26 bits per heavy atom. The van der Waals surface area contributed by atoms with Gasteiger partial charge in [0.05, 0.1) is 17.8 Å². The van der Waals surface area contributed by atoms with E-state index in [1.165, 1.54) is 18.5 Å². The molecule has 1 saturated heterocycles. The topological polar surface area (TPSA) is 72.4 Å². The molecule has 0 radical (unpaired) electrons. The molecule has 140 valence electrons. The van der Waals surface area contributed by atoms with Gasteiger partial charge >= 0.3 is 0 Å². The monoisotopic (exact) mass is 369 g/mol. The Kier molecular flexibility index (Phi) is 4.75. The van der Waals surface area contributed by atoms with E-state index in [0.29, 0.717) is 36.9 Å². The highest BCUT2D eigenvalue weighted by atomic mass is 19.1. The van der Waals surface area contributed by atoms with Crippen molar-refractivity contribution in [2.45, 2.75) is 32.1 Å². The first kappa shape index (κ1) is 17.5. The lowest BCUT2D eigenvalue weighted by Crippen LogP contribution is -2.39. The Balaban J connectivity index is 1.45. The third-order valence-corrected chi connectivity index (χ3v) is 4.84. The van der Waals surface area contributed by atoms with Crippen LogP contribution >= 0.6 is 0 Å². The molecule has 0 saturated carbocycles. The number of aromatic nitrogens is 2. The second-order valence-corrected chi connectivity index (χ2v) is 6.83. The largest absolute Gasteiger partial charge is 0.445 e. The third kappa shape index (κ3) is 3.77. The summed E-state index contributed by atoms with van der Waals surface area (Å²) in [6, 6.07) is 6.44. The Morgan fingerprint density at radius 1 is 1.37 bits per heavy atom. The van der Waals surface area contributed by atoms with Gasteiger partial charge in [0.2, 0.25) is 5.76 Å². The summed E-state index contributed by atoms with van der Waals surface area (Å²) in [5, 5.41) is 0. The van der Waals surface area contributed by atoms with Crippen LogP contribution in [-0.4, -0.2) is 33.9 Å². The van der Waals surface area contributed by atoms with E-state index in [-0.39, 0.29) is 23.4 Å². The maximum absolute atomic E-state index is 13.3. The number of amides is 1. The van der Waals surface area contributed by atoms with Gasteiger partial charge in [0, 0.05) is 19.5 Å². The predicted octanol–water partition coefficient (Wildman–Crippen LogP) is 3.72. The number of hydrogen-bond acceptors (Lipinski definition) is 5. The first-order valence-corrected chi connectivity index (χ1v) is 8.98. The summed E-state index contributed by atoms with van der Waals surface area (Å²) in [6.07, 6.45) is 5.22. The van der Waals surface area contributed by atoms with Crippen LogP contribution in [0.15, 0.2) is 45.7 Å². The van der Waals surface area contributed by atoms with E-state index in [2.05, 4.69) is 9.97 Å². The number of piperidine rings is 1. The Bertz CT molecular complexity index is 949. The van der Waals surface area contributed by atoms with Crippen LogP contribution in [0.25, 0.3) is 0 Å². The van der Waals surface area contributed by atoms with Crippen molar-refractivity contribution in [3.8, 4) is 0 Å². The summed E-state index contributed by atoms with van der Waals surface area (Å²) in [6.45, 7) is 2.95. The number of carbonyl (C=O) groups is 1. The lowest BCUT2D eigenvalue weighted by atomic mass is 9.97. The van der Waals surface area contributed by atoms with Gasteiger partial charge in [0.15, 0.2) is 12.3 Å². The molecule has 1 aliphatic heterocycles. The summed E-state index contributed by atoms with van der Waals surface area (Å²) in [5.41, 5.74) is 1.43. The van der Waals surface area contributed by atoms with Crippen molar-refractivity contribution < 1.29 is 18.0 Å². The van der Waals surface area contributed by atoms with Gasteiger partial charge in [-0.15, -0.1) is 0 Å². The van der Waals surface area contributed by atoms with Crippen LogP contribution in [-0.2, 0) is 6.42 Å². The fourth-order valence-corrected chi connectivity index (χ4v) is 3.46. The lowest BCUT2D eigenvalue weighted by Gasteiger charge is -2.30. The number of aryl methyl sites for hydroxylation is 1. The Hall–Kier alpha value is -2.96. The van der Waals surface area contributed by atoms with Crippen LogP contribution in [0.1, 0.15) is 52.2 Å². The van der Waals surface area contributed by atoms with E-state index in [0.717, 1.165) is 18.4 Å². The number of nitrogens with zero attached hydrogens (tertiary/aromatic N) is 3. The smallest absolute Gasteiger partial charge is 0.291 e. The number of oxazole rings is 2. The van der Waals surface area contributed by atoms with Gasteiger partial charge in [0.1, 0.15) is 11.6 Å². The zero-order chi connectivity index (χ0) is 18.8. The molecule has 1 aromatic carbocycles. The van der Waals surface area contributed by atoms with Crippen molar-refractivity contribution in [2.24, 2.45) is 0 Å². The first-order chi connectivity index (χ1) is 13.1. The van der Waals surface area contributed by atoms with Crippen molar-refractivity contribution in [3.63, 3.8) is 0 Å². The average Bonchev–Trinajstić information content (AvgIpc) is 3.30. The quantitative estimate of drug-likeness (QED) is 0.701. The summed E-state index contributed by atoms with van der Waals surface area (Å²) in [4.78, 5) is 22.8. The van der Waals surface area contributed by atoms with Crippen molar-refractivity contribution in [1.82, 2.24) is 14.9 Å². The molecule has 6 nitrogen and oxygen atoms in total. The van der Waals surface area contributed by atoms with Crippen LogP contribution in [0.3, 0.4) is 0 Å². The molecular formula is C20H20FN3O3. The van der Waals surface area contributed by atoms with E-state index in [9.17, 15) is 9.18 Å². The van der Waals surface area contributed by atoms with E-state index >= 15 is 0 Å². The standard InChI is InChI=1S/C20H20FN3O3/c1-13-18(26-12-23-13)20(25)24-7-3-5-15(11-24)19-22-10-17(27-19)9-14-4-2-6-16(21)8-14/h2,4,6,8,10,12,15H,3,5,7,9,11H2,1H3/t15-/m1/s1. The molecule has 1 fully saturated rings. The summed E-state index contributed by atoms with van der Waals surface area (Å²) < 4.78 is 24.5. The van der Waals surface area contributed by atoms with Gasteiger partial charge in [0.25, 0.3) is 5.91 Å². The van der Waals surface area contributed by atoms with Crippen LogP contribution < -0.4 is 0 Å². The number of halogens is 1. The number of carbonyl (C=O) groups excluding carboxylic acids is 1. The molecule has 0 unspecified atom stereocenters. The lowest BCUT2D eigenvalue weighted by molar-refractivity contribution is 0.0664. The molecule has 0 spiro atoms. The molecule has 2 aromatic heterocycles. The molecule has 7 heteroatoms. The molecule has 3 heterocycles. The fraction of sp³-hybridized carbons (Fsp3) is 0.350. The van der Waals surface area contributed by atoms with Gasteiger partial charge < -0.3 is 13.7 Å². The molecule has 0 bridgehead atoms. The van der Waals surface area contributed by atoms with Gasteiger partial charge in [-0.1, -0.05) is 12.1 Å². The van der Waals surface area contributed by atoms with E-state index in [4.69, 9.17) is 8.83 Å². The zero-order valence-corrected chi connectivity index (χ0v) is 15.0. The number of hydrogen-bond donors (Lipinski definition) is 0. The van der Waals surface area contributed by atoms with Gasteiger partial charge in [-0.25, -0.2) is 14.4 Å². The second kappa shape index (κ2) is 7.34. The minimum absolute atomic E-state index is 0.0344. The van der Waals surface area contributed by atoms with E-state index in [1.807, 2.05) is 6.07 Å². The molecule has 1 aliphatic rings. The highest BCUT2D eigenvalue weighted by molar-refractivity contribution is 5.92. The number of rotatable bonds is 4. The second-order valence-electron chi connectivity index (χ2n) is 6.83. The van der Waals surface area contributed by atoms with Crippen molar-refractivity contribution >= 4 is 5.91 Å². The average molecular weight is 369 g/mol.